The number of rotatable bonds is 7. The van der Waals surface area contributed by atoms with Crippen molar-refractivity contribution in [1.82, 2.24) is 4.98 Å². The molecule has 0 amide bonds. The predicted octanol–water partition coefficient (Wildman–Crippen LogP) is 4.78. The quantitative estimate of drug-likeness (QED) is 0.454. The molecule has 8 heteroatoms. The van der Waals surface area contributed by atoms with Gasteiger partial charge in [0.25, 0.3) is 0 Å². The molecule has 1 aromatic heterocycles. The third kappa shape index (κ3) is 5.04. The van der Waals surface area contributed by atoms with E-state index in [2.05, 4.69) is 53.4 Å². The van der Waals surface area contributed by atoms with E-state index in [1.54, 1.807) is 13.3 Å². The van der Waals surface area contributed by atoms with Crippen molar-refractivity contribution in [3.05, 3.63) is 49.5 Å². The molecule has 0 fully saturated rings. The number of aromatic nitrogens is 1. The van der Waals surface area contributed by atoms with Crippen LogP contribution in [0.3, 0.4) is 0 Å². The van der Waals surface area contributed by atoms with E-state index in [0.29, 0.717) is 30.3 Å². The van der Waals surface area contributed by atoms with Gasteiger partial charge in [-0.25, -0.2) is 4.98 Å². The van der Waals surface area contributed by atoms with Crippen molar-refractivity contribution in [1.29, 1.82) is 5.26 Å². The lowest BCUT2D eigenvalue weighted by Crippen LogP contribution is -2.04. The summed E-state index contributed by atoms with van der Waals surface area (Å²) in [4.78, 5) is 4.36. The second-order valence-corrected chi connectivity index (χ2v) is 7.07. The number of methoxy groups -OCH3 is 1. The van der Waals surface area contributed by atoms with E-state index in [1.165, 1.54) is 0 Å². The van der Waals surface area contributed by atoms with Gasteiger partial charge in [-0.2, -0.15) is 10.4 Å². The van der Waals surface area contributed by atoms with Crippen LogP contribution in [0, 0.1) is 18.3 Å². The van der Waals surface area contributed by atoms with Gasteiger partial charge in [-0.1, -0.05) is 15.9 Å². The fourth-order valence-corrected chi connectivity index (χ4v) is 3.72. The number of ether oxygens (including phenoxy) is 2. The molecule has 0 aliphatic rings. The molecule has 2 rings (SSSR count). The van der Waals surface area contributed by atoms with Gasteiger partial charge < -0.3 is 9.47 Å². The Balaban J connectivity index is 2.33. The van der Waals surface area contributed by atoms with E-state index in [4.69, 9.17) is 9.47 Å². The molecule has 0 spiro atoms. The second kappa shape index (κ2) is 9.67. The number of halogens is 2. The highest BCUT2D eigenvalue weighted by Gasteiger charge is 2.12. The standard InChI is InChI=1S/C18H18Br2N4O2/c1-4-26-17-12(6-14(19)7-16(17)20)9-22-24-18-15(8-21)13(10-25-3)5-11(2)23-18/h5-7,9H,4,10H2,1-3H3,(H,23,24)/b22-9+. The minimum absolute atomic E-state index is 0.331. The molecule has 0 atom stereocenters. The Labute approximate surface area is 169 Å². The number of aryl methyl sites for hydroxylation is 1. The normalized spacial score (nSPS) is 10.8. The summed E-state index contributed by atoms with van der Waals surface area (Å²) in [6, 6.07) is 7.79. The highest BCUT2D eigenvalue weighted by molar-refractivity contribution is 9.11. The van der Waals surface area contributed by atoms with Crippen molar-refractivity contribution in [2.24, 2.45) is 5.10 Å². The molecule has 0 saturated carbocycles. The summed E-state index contributed by atoms with van der Waals surface area (Å²) in [6.07, 6.45) is 1.63. The van der Waals surface area contributed by atoms with Crippen molar-refractivity contribution >= 4 is 43.9 Å². The van der Waals surface area contributed by atoms with Crippen LogP contribution >= 0.6 is 31.9 Å². The fourth-order valence-electron chi connectivity index (χ4n) is 2.35. The third-order valence-corrected chi connectivity index (χ3v) is 4.39. The van der Waals surface area contributed by atoms with E-state index < -0.39 is 0 Å². The Morgan fingerprint density at radius 3 is 2.77 bits per heavy atom. The van der Waals surface area contributed by atoms with Gasteiger partial charge in [-0.05, 0) is 48.0 Å². The van der Waals surface area contributed by atoms with Crippen LogP contribution in [0.4, 0.5) is 5.82 Å². The van der Waals surface area contributed by atoms with Crippen LogP contribution in [0.15, 0.2) is 32.2 Å². The summed E-state index contributed by atoms with van der Waals surface area (Å²) in [5.74, 6) is 1.09. The monoisotopic (exact) mass is 480 g/mol. The number of nitriles is 1. The summed E-state index contributed by atoms with van der Waals surface area (Å²) < 4.78 is 12.5. The van der Waals surface area contributed by atoms with Gasteiger partial charge in [0.15, 0.2) is 5.82 Å². The minimum atomic E-state index is 0.331. The topological polar surface area (TPSA) is 79.5 Å². The zero-order valence-corrected chi connectivity index (χ0v) is 17.8. The summed E-state index contributed by atoms with van der Waals surface area (Å²) in [6.45, 7) is 4.64. The maximum absolute atomic E-state index is 9.45. The number of benzene rings is 1. The fraction of sp³-hybridized carbons (Fsp3) is 0.278. The van der Waals surface area contributed by atoms with Gasteiger partial charge in [0.2, 0.25) is 0 Å². The first-order valence-electron chi connectivity index (χ1n) is 7.80. The lowest BCUT2D eigenvalue weighted by molar-refractivity contribution is 0.184. The molecule has 0 saturated heterocycles. The number of nitrogens with one attached hydrogen (secondary N) is 1. The summed E-state index contributed by atoms with van der Waals surface area (Å²) >= 11 is 6.95. The van der Waals surface area contributed by atoms with Gasteiger partial charge in [0, 0.05) is 28.4 Å². The minimum Gasteiger partial charge on any atom is -0.492 e. The van der Waals surface area contributed by atoms with Crippen LogP contribution < -0.4 is 10.2 Å². The molecule has 6 nitrogen and oxygen atoms in total. The molecule has 1 heterocycles. The van der Waals surface area contributed by atoms with E-state index in [-0.39, 0.29) is 0 Å². The third-order valence-electron chi connectivity index (χ3n) is 3.34. The Morgan fingerprint density at radius 1 is 1.35 bits per heavy atom. The van der Waals surface area contributed by atoms with Crippen molar-refractivity contribution in [3.63, 3.8) is 0 Å². The molecule has 0 aliphatic heterocycles. The van der Waals surface area contributed by atoms with E-state index in [9.17, 15) is 5.26 Å². The first-order valence-corrected chi connectivity index (χ1v) is 9.39. The van der Waals surface area contributed by atoms with Crippen molar-refractivity contribution in [2.45, 2.75) is 20.5 Å². The van der Waals surface area contributed by atoms with Gasteiger partial charge in [0.05, 0.1) is 23.9 Å². The molecule has 2 aromatic rings. The Kier molecular flexibility index (Phi) is 7.57. The Bertz CT molecular complexity index is 863. The van der Waals surface area contributed by atoms with Crippen LogP contribution in [0.25, 0.3) is 0 Å². The molecule has 26 heavy (non-hydrogen) atoms. The summed E-state index contributed by atoms with van der Waals surface area (Å²) in [5, 5.41) is 13.7. The van der Waals surface area contributed by atoms with Crippen LogP contribution in [0.2, 0.25) is 0 Å². The van der Waals surface area contributed by atoms with Gasteiger partial charge in [0.1, 0.15) is 17.4 Å². The van der Waals surface area contributed by atoms with Crippen LogP contribution in [-0.2, 0) is 11.3 Å². The second-order valence-electron chi connectivity index (χ2n) is 5.30. The van der Waals surface area contributed by atoms with Crippen molar-refractivity contribution in [3.8, 4) is 11.8 Å². The SMILES string of the molecule is CCOc1c(Br)cc(Br)cc1/C=N/Nc1nc(C)cc(COC)c1C#N. The lowest BCUT2D eigenvalue weighted by atomic mass is 10.1. The van der Waals surface area contributed by atoms with E-state index >= 15 is 0 Å². The molecule has 1 aromatic carbocycles. The number of hydrazone groups is 1. The zero-order chi connectivity index (χ0) is 19.1. The highest BCUT2D eigenvalue weighted by Crippen LogP contribution is 2.32. The molecule has 0 bridgehead atoms. The molecule has 0 radical (unpaired) electrons. The molecule has 0 aliphatic carbocycles. The first kappa shape index (κ1) is 20.4. The zero-order valence-electron chi connectivity index (χ0n) is 14.6. The maximum atomic E-state index is 9.45. The lowest BCUT2D eigenvalue weighted by Gasteiger charge is -2.11. The first-order chi connectivity index (χ1) is 12.5. The number of nitrogens with zero attached hydrogens (tertiary/aromatic N) is 3. The van der Waals surface area contributed by atoms with Gasteiger partial charge in [-0.15, -0.1) is 0 Å². The molecule has 1 N–H and O–H groups in total. The maximum Gasteiger partial charge on any atom is 0.164 e. The van der Waals surface area contributed by atoms with Crippen molar-refractivity contribution < 1.29 is 9.47 Å². The molecule has 0 unspecified atom stereocenters. The average Bonchev–Trinajstić information content (AvgIpc) is 2.58. The molecular weight excluding hydrogens is 464 g/mol. The van der Waals surface area contributed by atoms with E-state index in [0.717, 1.165) is 25.8 Å². The number of hydrogen-bond donors (Lipinski definition) is 1. The largest absolute Gasteiger partial charge is 0.492 e. The Hall–Kier alpha value is -1.95. The van der Waals surface area contributed by atoms with Gasteiger partial charge >= 0.3 is 0 Å². The van der Waals surface area contributed by atoms with Crippen LogP contribution in [-0.4, -0.2) is 24.9 Å². The smallest absolute Gasteiger partial charge is 0.164 e. The van der Waals surface area contributed by atoms with E-state index in [1.807, 2.05) is 32.0 Å². The van der Waals surface area contributed by atoms with Gasteiger partial charge in [-0.3, -0.25) is 5.43 Å². The van der Waals surface area contributed by atoms with Crippen LogP contribution in [0.1, 0.15) is 29.3 Å². The summed E-state index contributed by atoms with van der Waals surface area (Å²) in [5.41, 5.74) is 5.58. The number of pyridine rings is 1. The number of hydrogen-bond acceptors (Lipinski definition) is 6. The van der Waals surface area contributed by atoms with Crippen molar-refractivity contribution in [2.75, 3.05) is 19.1 Å². The highest BCUT2D eigenvalue weighted by atomic mass is 79.9. The molecular formula is C18H18Br2N4O2. The number of anilines is 1. The Morgan fingerprint density at radius 2 is 2.12 bits per heavy atom. The van der Waals surface area contributed by atoms with Crippen LogP contribution in [0.5, 0.6) is 5.75 Å². The summed E-state index contributed by atoms with van der Waals surface area (Å²) in [7, 11) is 1.59. The average molecular weight is 482 g/mol. The predicted molar refractivity (Wildman–Crippen MR) is 109 cm³/mol. The molecule has 136 valence electrons.